The minimum Gasteiger partial charge on any atom is -0.310 e. The van der Waals surface area contributed by atoms with E-state index >= 15 is 0 Å². The Morgan fingerprint density at radius 2 is 0.893 bits per heavy atom. The van der Waals surface area contributed by atoms with Crippen molar-refractivity contribution in [2.45, 2.75) is 0 Å². The monoisotopic (exact) mass is 712 g/mol. The Bertz CT molecular complexity index is 3220. The number of aromatic nitrogens is 1. The van der Waals surface area contributed by atoms with E-state index in [9.17, 15) is 0 Å². The molecule has 1 heterocycles. The molecule has 11 rings (SSSR count). The summed E-state index contributed by atoms with van der Waals surface area (Å²) in [6.07, 6.45) is 0. The fraction of sp³-hybridized carbons (Fsp3) is 0. The van der Waals surface area contributed by atoms with E-state index in [4.69, 9.17) is 0 Å². The second-order valence-electron chi connectivity index (χ2n) is 14.6. The highest BCUT2D eigenvalue weighted by atomic mass is 15.1. The lowest BCUT2D eigenvalue weighted by Crippen LogP contribution is -2.09. The van der Waals surface area contributed by atoms with Gasteiger partial charge >= 0.3 is 0 Å². The number of anilines is 3. The summed E-state index contributed by atoms with van der Waals surface area (Å²) in [6.45, 7) is 0. The van der Waals surface area contributed by atoms with Gasteiger partial charge in [0, 0.05) is 33.5 Å². The zero-order chi connectivity index (χ0) is 37.0. The highest BCUT2D eigenvalue weighted by Crippen LogP contribution is 2.40. The molecule has 0 radical (unpaired) electrons. The Kier molecular flexibility index (Phi) is 7.53. The van der Waals surface area contributed by atoms with E-state index in [1.165, 1.54) is 76.4 Å². The molecule has 0 saturated heterocycles. The van der Waals surface area contributed by atoms with Crippen molar-refractivity contribution in [3.8, 4) is 27.9 Å². The van der Waals surface area contributed by atoms with Gasteiger partial charge in [-0.05, 0) is 121 Å². The first kappa shape index (κ1) is 32.0. The van der Waals surface area contributed by atoms with Gasteiger partial charge in [-0.25, -0.2) is 0 Å². The van der Waals surface area contributed by atoms with Crippen LogP contribution in [0, 0.1) is 0 Å². The molecule has 2 nitrogen and oxygen atoms in total. The van der Waals surface area contributed by atoms with Gasteiger partial charge in [0.05, 0.1) is 11.0 Å². The van der Waals surface area contributed by atoms with Gasteiger partial charge < -0.3 is 9.47 Å². The molecular formula is C54H36N2. The molecular weight excluding hydrogens is 677 g/mol. The lowest BCUT2D eigenvalue weighted by molar-refractivity contribution is 1.18. The van der Waals surface area contributed by atoms with Gasteiger partial charge in [-0.1, -0.05) is 152 Å². The topological polar surface area (TPSA) is 8.17 Å². The third-order valence-electron chi connectivity index (χ3n) is 11.3. The predicted molar refractivity (Wildman–Crippen MR) is 239 cm³/mol. The molecule has 262 valence electrons. The van der Waals surface area contributed by atoms with Crippen molar-refractivity contribution in [2.24, 2.45) is 0 Å². The number of hydrogen-bond donors (Lipinski definition) is 0. The standard InChI is InChI=1S/C54H36N2/c1-2-14-44(15-3-1)55(45-31-26-41(27-32-45)49-19-10-13-39-11-4-6-16-48(39)49)47-33-25-38-21-22-42(35-43(38)36-47)37-23-29-46(30-24-37)56-52-20-9-8-18-51(52)54-50-17-7-5-12-40(50)28-34-53(54)56/h1-36H. The first-order chi connectivity index (χ1) is 27.8. The van der Waals surface area contributed by atoms with Crippen molar-refractivity contribution in [1.82, 2.24) is 4.57 Å². The molecule has 0 spiro atoms. The number of benzene rings is 10. The minimum absolute atomic E-state index is 1.12. The highest BCUT2D eigenvalue weighted by molar-refractivity contribution is 6.21. The third kappa shape index (κ3) is 5.34. The quantitative estimate of drug-likeness (QED) is 0.167. The van der Waals surface area contributed by atoms with E-state index in [0.717, 1.165) is 22.7 Å². The predicted octanol–water partition coefficient (Wildman–Crippen LogP) is 15.0. The average molecular weight is 713 g/mol. The van der Waals surface area contributed by atoms with Gasteiger partial charge in [0.15, 0.2) is 0 Å². The van der Waals surface area contributed by atoms with Gasteiger partial charge in [0.1, 0.15) is 0 Å². The van der Waals surface area contributed by atoms with E-state index in [-0.39, 0.29) is 0 Å². The lowest BCUT2D eigenvalue weighted by Gasteiger charge is -2.26. The second-order valence-corrected chi connectivity index (χ2v) is 14.6. The summed E-state index contributed by atoms with van der Waals surface area (Å²) in [6, 6.07) is 79.4. The molecule has 1 aromatic heterocycles. The fourth-order valence-electron chi connectivity index (χ4n) is 8.66. The molecule has 0 aliphatic rings. The summed E-state index contributed by atoms with van der Waals surface area (Å²) >= 11 is 0. The third-order valence-corrected chi connectivity index (χ3v) is 11.3. The molecule has 0 aliphatic carbocycles. The largest absolute Gasteiger partial charge is 0.310 e. The maximum atomic E-state index is 2.40. The first-order valence-corrected chi connectivity index (χ1v) is 19.3. The summed E-state index contributed by atoms with van der Waals surface area (Å²) in [4.78, 5) is 2.35. The van der Waals surface area contributed by atoms with E-state index < -0.39 is 0 Å². The molecule has 0 bridgehead atoms. The molecule has 10 aromatic carbocycles. The molecule has 56 heavy (non-hydrogen) atoms. The van der Waals surface area contributed by atoms with Crippen LogP contribution in [0.5, 0.6) is 0 Å². The van der Waals surface area contributed by atoms with Crippen LogP contribution in [0.2, 0.25) is 0 Å². The van der Waals surface area contributed by atoms with Gasteiger partial charge in [-0.15, -0.1) is 0 Å². The van der Waals surface area contributed by atoms with Crippen LogP contribution >= 0.6 is 0 Å². The van der Waals surface area contributed by atoms with Crippen LogP contribution in [0.15, 0.2) is 218 Å². The highest BCUT2D eigenvalue weighted by Gasteiger charge is 2.16. The summed E-state index contributed by atoms with van der Waals surface area (Å²) in [5.41, 5.74) is 11.8. The number of hydrogen-bond acceptors (Lipinski definition) is 1. The summed E-state index contributed by atoms with van der Waals surface area (Å²) in [5, 5.41) is 10.1. The van der Waals surface area contributed by atoms with Gasteiger partial charge in [0.25, 0.3) is 0 Å². The van der Waals surface area contributed by atoms with Crippen molar-refractivity contribution in [3.05, 3.63) is 218 Å². The Morgan fingerprint density at radius 3 is 1.71 bits per heavy atom. The van der Waals surface area contributed by atoms with Crippen LogP contribution in [-0.2, 0) is 0 Å². The van der Waals surface area contributed by atoms with Crippen LogP contribution in [-0.4, -0.2) is 4.57 Å². The first-order valence-electron chi connectivity index (χ1n) is 19.3. The number of nitrogens with zero attached hydrogens (tertiary/aromatic N) is 2. The molecule has 2 heteroatoms. The molecule has 0 N–H and O–H groups in total. The van der Waals surface area contributed by atoms with Crippen LogP contribution in [0.1, 0.15) is 0 Å². The lowest BCUT2D eigenvalue weighted by atomic mass is 9.98. The van der Waals surface area contributed by atoms with Gasteiger partial charge in [-0.2, -0.15) is 0 Å². The van der Waals surface area contributed by atoms with Crippen LogP contribution in [0.25, 0.3) is 82.1 Å². The molecule has 0 unspecified atom stereocenters. The second kappa shape index (κ2) is 13.2. The van der Waals surface area contributed by atoms with Crippen LogP contribution in [0.3, 0.4) is 0 Å². The van der Waals surface area contributed by atoms with Crippen molar-refractivity contribution in [1.29, 1.82) is 0 Å². The smallest absolute Gasteiger partial charge is 0.0547 e. The maximum Gasteiger partial charge on any atom is 0.0547 e. The number of para-hydroxylation sites is 2. The maximum absolute atomic E-state index is 2.40. The van der Waals surface area contributed by atoms with E-state index in [1.54, 1.807) is 0 Å². The van der Waals surface area contributed by atoms with Gasteiger partial charge in [0.2, 0.25) is 0 Å². The van der Waals surface area contributed by atoms with Crippen molar-refractivity contribution >= 4 is 71.2 Å². The average Bonchev–Trinajstić information content (AvgIpc) is 3.62. The Labute approximate surface area is 325 Å². The van der Waals surface area contributed by atoms with Gasteiger partial charge in [-0.3, -0.25) is 0 Å². The van der Waals surface area contributed by atoms with Crippen molar-refractivity contribution in [3.63, 3.8) is 0 Å². The molecule has 11 aromatic rings. The van der Waals surface area contributed by atoms with E-state index in [2.05, 4.69) is 228 Å². The van der Waals surface area contributed by atoms with Crippen LogP contribution < -0.4 is 4.90 Å². The normalized spacial score (nSPS) is 11.6. The zero-order valence-corrected chi connectivity index (χ0v) is 30.7. The Hall–Kier alpha value is -7.42. The summed E-state index contributed by atoms with van der Waals surface area (Å²) in [7, 11) is 0. The summed E-state index contributed by atoms with van der Waals surface area (Å²) in [5.74, 6) is 0. The Balaban J connectivity index is 0.963. The van der Waals surface area contributed by atoms with Crippen molar-refractivity contribution < 1.29 is 0 Å². The zero-order valence-electron chi connectivity index (χ0n) is 30.7. The van der Waals surface area contributed by atoms with E-state index in [0.29, 0.717) is 0 Å². The molecule has 0 saturated carbocycles. The Morgan fingerprint density at radius 1 is 0.304 bits per heavy atom. The SMILES string of the molecule is c1ccc(N(c2ccc(-c3cccc4ccccc34)cc2)c2ccc3ccc(-c4ccc(-n5c6ccccc6c6c7ccccc7ccc65)cc4)cc3c2)cc1. The number of rotatable bonds is 6. The molecule has 0 atom stereocenters. The molecule has 0 fully saturated rings. The molecule has 0 amide bonds. The van der Waals surface area contributed by atoms with E-state index in [1.807, 2.05) is 0 Å². The minimum atomic E-state index is 1.12. The van der Waals surface area contributed by atoms with Crippen molar-refractivity contribution in [2.75, 3.05) is 4.90 Å². The fourth-order valence-corrected chi connectivity index (χ4v) is 8.66. The summed E-state index contributed by atoms with van der Waals surface area (Å²) < 4.78 is 2.40. The number of fused-ring (bicyclic) bond motifs is 7. The van der Waals surface area contributed by atoms with Crippen LogP contribution in [0.4, 0.5) is 17.1 Å². The molecule has 0 aliphatic heterocycles.